The molecule has 0 spiro atoms. The van der Waals surface area contributed by atoms with Gasteiger partial charge < -0.3 is 15.5 Å². The molecule has 2 unspecified atom stereocenters. The van der Waals surface area contributed by atoms with Crippen molar-refractivity contribution in [3.05, 3.63) is 65.7 Å². The Bertz CT molecular complexity index is 1650. The minimum absolute atomic E-state index is 0.0192. The van der Waals surface area contributed by atoms with Gasteiger partial charge in [0.2, 0.25) is 5.91 Å². The van der Waals surface area contributed by atoms with Crippen LogP contribution in [0.4, 0.5) is 4.79 Å². The van der Waals surface area contributed by atoms with Crippen LogP contribution in [0.15, 0.2) is 60.7 Å². The molecule has 45 heavy (non-hydrogen) atoms. The second kappa shape index (κ2) is 13.4. The number of rotatable bonds is 10. The first-order valence-corrected chi connectivity index (χ1v) is 18.1. The quantitative estimate of drug-likeness (QED) is 0.136. The lowest BCUT2D eigenvalue weighted by atomic mass is 10.1. The van der Waals surface area contributed by atoms with E-state index in [1.54, 1.807) is 0 Å². The Hall–Kier alpha value is -3.67. The van der Waals surface area contributed by atoms with Crippen LogP contribution < -0.4 is 10.6 Å². The number of nitrogens with zero attached hydrogens (tertiary/aromatic N) is 6. The zero-order chi connectivity index (χ0) is 30.8. The second-order valence-electron chi connectivity index (χ2n) is 12.1. The lowest BCUT2D eigenvalue weighted by Crippen LogP contribution is -2.49. The molecule has 2 aromatic heterocycles. The number of piperazine rings is 1. The summed E-state index contributed by atoms with van der Waals surface area (Å²) >= 11 is 7.02. The Morgan fingerprint density at radius 1 is 0.844 bits per heavy atom. The highest BCUT2D eigenvalue weighted by atomic mass is 35.5. The Labute approximate surface area is 270 Å². The SMILES string of the molecule is O=C1NC2C[SH](CCCCC(=O)N3CCN(CCn4nc(-c5ccccc5)c5c(Cl)c(-c6ccccc6)nnc54)CC3)CC2N1. The summed E-state index contributed by atoms with van der Waals surface area (Å²) in [6, 6.07) is 20.6. The zero-order valence-electron chi connectivity index (χ0n) is 25.2. The van der Waals surface area contributed by atoms with Crippen LogP contribution in [0.5, 0.6) is 0 Å². The van der Waals surface area contributed by atoms with Crippen molar-refractivity contribution in [3.63, 3.8) is 0 Å². The van der Waals surface area contributed by atoms with Gasteiger partial charge in [-0.2, -0.15) is 5.10 Å². The molecule has 3 amide bonds. The number of fused-ring (bicyclic) bond motifs is 2. The van der Waals surface area contributed by atoms with Crippen LogP contribution in [0, 0.1) is 0 Å². The van der Waals surface area contributed by atoms with E-state index in [0.29, 0.717) is 41.4 Å². The van der Waals surface area contributed by atoms with Crippen molar-refractivity contribution < 1.29 is 9.59 Å². The molecule has 0 aliphatic carbocycles. The van der Waals surface area contributed by atoms with Crippen LogP contribution in [0.3, 0.4) is 0 Å². The number of unbranched alkanes of at least 4 members (excludes halogenated alkanes) is 1. The van der Waals surface area contributed by atoms with E-state index in [1.807, 2.05) is 70.2 Å². The molecule has 2 N–H and O–H groups in total. The number of halogens is 1. The molecule has 3 aliphatic rings. The fourth-order valence-corrected chi connectivity index (χ4v) is 10.0. The molecule has 4 aromatic rings. The summed E-state index contributed by atoms with van der Waals surface area (Å²) < 4.78 is 1.92. The van der Waals surface area contributed by atoms with Gasteiger partial charge in [0.15, 0.2) is 5.65 Å². The standard InChI is InChI=1S/C33H39ClN8O2S/c34-29-28-30(23-9-3-1-4-10-23)39-42(32(28)38-37-31(29)24-11-5-2-6-12-24)19-16-40-14-17-41(18-15-40)27(43)13-7-8-20-45-21-25-26(22-45)36-33(44)35-25/h1-6,9-12,25-26,45H,7-8,13-22H2,(H2,35,36,44). The van der Waals surface area contributed by atoms with Crippen molar-refractivity contribution in [2.45, 2.75) is 37.9 Å². The molecule has 2 atom stereocenters. The number of aromatic nitrogens is 4. The number of carbonyl (C=O) groups excluding carboxylic acids is 2. The van der Waals surface area contributed by atoms with Gasteiger partial charge in [-0.25, -0.2) is 20.4 Å². The maximum atomic E-state index is 12.9. The van der Waals surface area contributed by atoms with Crippen molar-refractivity contribution >= 4 is 45.5 Å². The van der Waals surface area contributed by atoms with Crippen LogP contribution >= 0.6 is 22.5 Å². The summed E-state index contributed by atoms with van der Waals surface area (Å²) in [7, 11) is -0.0416. The highest BCUT2D eigenvalue weighted by molar-refractivity contribution is 8.17. The first kappa shape index (κ1) is 30.0. The monoisotopic (exact) mass is 646 g/mol. The molecule has 7 rings (SSSR count). The average Bonchev–Trinajstić information content (AvgIpc) is 3.74. The highest BCUT2D eigenvalue weighted by Gasteiger charge is 2.38. The van der Waals surface area contributed by atoms with E-state index in [2.05, 4.69) is 25.7 Å². The number of hydrogen-bond acceptors (Lipinski definition) is 6. The molecule has 3 saturated heterocycles. The van der Waals surface area contributed by atoms with Crippen molar-refractivity contribution in [2.24, 2.45) is 0 Å². The van der Waals surface area contributed by atoms with E-state index in [-0.39, 0.29) is 22.8 Å². The van der Waals surface area contributed by atoms with Gasteiger partial charge in [0.25, 0.3) is 0 Å². The van der Waals surface area contributed by atoms with E-state index in [9.17, 15) is 9.59 Å². The zero-order valence-corrected chi connectivity index (χ0v) is 26.9. The Morgan fingerprint density at radius 3 is 2.16 bits per heavy atom. The maximum absolute atomic E-state index is 12.9. The molecule has 12 heteroatoms. The Morgan fingerprint density at radius 2 is 1.49 bits per heavy atom. The van der Waals surface area contributed by atoms with Crippen molar-refractivity contribution in [1.82, 2.24) is 40.4 Å². The van der Waals surface area contributed by atoms with Gasteiger partial charge in [-0.05, 0) is 30.1 Å². The van der Waals surface area contributed by atoms with Crippen molar-refractivity contribution in [3.8, 4) is 22.5 Å². The minimum Gasteiger partial charge on any atom is -0.340 e. The van der Waals surface area contributed by atoms with Crippen LogP contribution in [-0.4, -0.2) is 104 Å². The molecule has 3 fully saturated rings. The molecule has 10 nitrogen and oxygen atoms in total. The van der Waals surface area contributed by atoms with Crippen LogP contribution in [-0.2, 0) is 11.3 Å². The number of carbonyl (C=O) groups is 2. The summed E-state index contributed by atoms with van der Waals surface area (Å²) in [5.41, 5.74) is 4.03. The summed E-state index contributed by atoms with van der Waals surface area (Å²) in [4.78, 5) is 28.8. The number of amides is 3. The van der Waals surface area contributed by atoms with E-state index < -0.39 is 0 Å². The van der Waals surface area contributed by atoms with E-state index in [0.717, 1.165) is 79.3 Å². The van der Waals surface area contributed by atoms with Gasteiger partial charge in [0.05, 0.1) is 29.0 Å². The van der Waals surface area contributed by atoms with E-state index in [1.165, 1.54) is 5.75 Å². The number of benzene rings is 2. The number of hydrogen-bond donors (Lipinski definition) is 3. The minimum atomic E-state index is -0.0416. The third-order valence-corrected chi connectivity index (χ3v) is 12.3. The first-order valence-electron chi connectivity index (χ1n) is 15.9. The fourth-order valence-electron chi connectivity index (χ4n) is 6.72. The first-order chi connectivity index (χ1) is 22.0. The van der Waals surface area contributed by atoms with Gasteiger partial charge in [-0.1, -0.05) is 72.3 Å². The molecule has 2 aromatic carbocycles. The predicted octanol–water partition coefficient (Wildman–Crippen LogP) is 4.19. The van der Waals surface area contributed by atoms with Gasteiger partial charge in [-0.3, -0.25) is 9.69 Å². The Kier molecular flexibility index (Phi) is 8.91. The normalized spacial score (nSPS) is 22.4. The van der Waals surface area contributed by atoms with Crippen LogP contribution in [0.25, 0.3) is 33.5 Å². The van der Waals surface area contributed by atoms with Crippen LogP contribution in [0.2, 0.25) is 5.02 Å². The number of urea groups is 1. The fraction of sp³-hybridized carbons (Fsp3) is 0.424. The smallest absolute Gasteiger partial charge is 0.315 e. The lowest BCUT2D eigenvalue weighted by Gasteiger charge is -2.34. The van der Waals surface area contributed by atoms with Gasteiger partial charge in [0, 0.05) is 50.3 Å². The second-order valence-corrected chi connectivity index (χ2v) is 15.0. The topological polar surface area (TPSA) is 108 Å². The molecular formula is C33H39ClN8O2S. The summed E-state index contributed by atoms with van der Waals surface area (Å²) in [5, 5.41) is 21.6. The van der Waals surface area contributed by atoms with Gasteiger partial charge in [-0.15, -0.1) is 10.2 Å². The van der Waals surface area contributed by atoms with Gasteiger partial charge >= 0.3 is 6.03 Å². The predicted molar refractivity (Wildman–Crippen MR) is 181 cm³/mol. The van der Waals surface area contributed by atoms with Crippen molar-refractivity contribution in [2.75, 3.05) is 50.0 Å². The molecule has 0 radical (unpaired) electrons. The molecule has 0 bridgehead atoms. The maximum Gasteiger partial charge on any atom is 0.315 e. The highest BCUT2D eigenvalue weighted by Crippen LogP contribution is 2.38. The van der Waals surface area contributed by atoms with E-state index in [4.69, 9.17) is 16.7 Å². The number of nitrogens with one attached hydrogen (secondary N) is 2. The third kappa shape index (κ3) is 6.52. The van der Waals surface area contributed by atoms with Gasteiger partial charge in [0.1, 0.15) is 11.4 Å². The van der Waals surface area contributed by atoms with E-state index >= 15 is 0 Å². The summed E-state index contributed by atoms with van der Waals surface area (Å²) in [6.07, 6.45) is 2.66. The summed E-state index contributed by atoms with van der Waals surface area (Å²) in [5.74, 6) is 3.69. The Balaban J connectivity index is 0.932. The molecule has 0 saturated carbocycles. The molecular weight excluding hydrogens is 608 g/mol. The molecule has 5 heterocycles. The van der Waals surface area contributed by atoms with Crippen LogP contribution in [0.1, 0.15) is 19.3 Å². The molecule has 236 valence electrons. The third-order valence-electron chi connectivity index (χ3n) is 9.19. The number of thiol groups is 1. The molecule has 3 aliphatic heterocycles. The van der Waals surface area contributed by atoms with Crippen molar-refractivity contribution in [1.29, 1.82) is 0 Å². The summed E-state index contributed by atoms with van der Waals surface area (Å²) in [6.45, 7) is 4.63. The largest absolute Gasteiger partial charge is 0.340 e. The average molecular weight is 647 g/mol. The lowest BCUT2D eigenvalue weighted by molar-refractivity contribution is -0.133.